The highest BCUT2D eigenvalue weighted by molar-refractivity contribution is 5.63. The van der Waals surface area contributed by atoms with E-state index < -0.39 is 0 Å². The molecule has 0 aliphatic heterocycles. The van der Waals surface area contributed by atoms with Gasteiger partial charge in [-0.2, -0.15) is 0 Å². The van der Waals surface area contributed by atoms with Crippen LogP contribution >= 0.6 is 0 Å². The Morgan fingerprint density at radius 2 is 2.08 bits per heavy atom. The van der Waals surface area contributed by atoms with Crippen LogP contribution in [0.2, 0.25) is 0 Å². The second-order valence-electron chi connectivity index (χ2n) is 2.25. The summed E-state index contributed by atoms with van der Waals surface area (Å²) in [4.78, 5) is 3.77. The summed E-state index contributed by atoms with van der Waals surface area (Å²) in [6.07, 6.45) is 8.27. The Morgan fingerprint density at radius 3 is 2.75 bits per heavy atom. The molecule has 0 aliphatic rings. The summed E-state index contributed by atoms with van der Waals surface area (Å²) in [6, 6.07) is 3.70. The van der Waals surface area contributed by atoms with Crippen LogP contribution in [0.25, 0.3) is 12.2 Å². The lowest BCUT2D eigenvalue weighted by molar-refractivity contribution is 0.546. The number of furan rings is 1. The molecule has 0 unspecified atom stereocenters. The maximum absolute atomic E-state index is 5.08. The molecule has 12 heavy (non-hydrogen) atoms. The van der Waals surface area contributed by atoms with Crippen molar-refractivity contribution in [1.82, 2.24) is 4.98 Å². The zero-order chi connectivity index (χ0) is 8.23. The molecule has 2 rings (SSSR count). The molecule has 0 saturated heterocycles. The fourth-order valence-electron chi connectivity index (χ4n) is 0.858. The standard InChI is InChI=1S/C9H7NO2/c1-2-8(11-5-1)3-4-9-6-10-7-12-9/h1-7H/b4-3+. The normalized spacial score (nSPS) is 11.0. The van der Waals surface area contributed by atoms with Gasteiger partial charge in [0, 0.05) is 0 Å². The zero-order valence-electron chi connectivity index (χ0n) is 6.31. The molecule has 3 heteroatoms. The number of hydrogen-bond donors (Lipinski definition) is 0. The first-order valence-electron chi connectivity index (χ1n) is 3.55. The first-order chi connectivity index (χ1) is 5.95. The Balaban J connectivity index is 2.14. The minimum atomic E-state index is 0.714. The maximum Gasteiger partial charge on any atom is 0.181 e. The smallest absolute Gasteiger partial charge is 0.181 e. The first-order valence-corrected chi connectivity index (χ1v) is 3.55. The molecular weight excluding hydrogens is 154 g/mol. The topological polar surface area (TPSA) is 39.2 Å². The van der Waals surface area contributed by atoms with Crippen molar-refractivity contribution in [2.24, 2.45) is 0 Å². The van der Waals surface area contributed by atoms with Gasteiger partial charge in [-0.3, -0.25) is 0 Å². The second kappa shape index (κ2) is 3.09. The fourth-order valence-corrected chi connectivity index (χ4v) is 0.858. The maximum atomic E-state index is 5.08. The van der Waals surface area contributed by atoms with E-state index in [-0.39, 0.29) is 0 Å². The van der Waals surface area contributed by atoms with Crippen LogP contribution in [0, 0.1) is 0 Å². The molecule has 0 aliphatic carbocycles. The van der Waals surface area contributed by atoms with Gasteiger partial charge in [0.2, 0.25) is 0 Å². The van der Waals surface area contributed by atoms with E-state index in [9.17, 15) is 0 Å². The monoisotopic (exact) mass is 161 g/mol. The summed E-state index contributed by atoms with van der Waals surface area (Å²) in [5, 5.41) is 0. The Morgan fingerprint density at radius 1 is 1.17 bits per heavy atom. The largest absolute Gasteiger partial charge is 0.465 e. The van der Waals surface area contributed by atoms with Crippen molar-refractivity contribution < 1.29 is 8.83 Å². The van der Waals surface area contributed by atoms with Gasteiger partial charge in [0.05, 0.1) is 12.5 Å². The van der Waals surface area contributed by atoms with Crippen LogP contribution in [0.3, 0.4) is 0 Å². The minimum absolute atomic E-state index is 0.714. The molecule has 0 aromatic carbocycles. The van der Waals surface area contributed by atoms with Gasteiger partial charge in [0.25, 0.3) is 0 Å². The van der Waals surface area contributed by atoms with Crippen molar-refractivity contribution >= 4 is 12.2 Å². The first kappa shape index (κ1) is 6.91. The van der Waals surface area contributed by atoms with Crippen LogP contribution in [-0.4, -0.2) is 4.98 Å². The average molecular weight is 161 g/mol. The molecule has 0 bridgehead atoms. The summed E-state index contributed by atoms with van der Waals surface area (Å²) in [7, 11) is 0. The molecule has 0 fully saturated rings. The highest BCUT2D eigenvalue weighted by Gasteiger charge is 1.90. The van der Waals surface area contributed by atoms with Crippen LogP contribution in [0.1, 0.15) is 11.5 Å². The molecule has 0 saturated carbocycles. The van der Waals surface area contributed by atoms with Crippen LogP contribution in [0.5, 0.6) is 0 Å². The highest BCUT2D eigenvalue weighted by atomic mass is 16.3. The third-order valence-electron chi connectivity index (χ3n) is 1.41. The molecule has 2 aromatic rings. The van der Waals surface area contributed by atoms with Crippen molar-refractivity contribution in [3.8, 4) is 0 Å². The van der Waals surface area contributed by atoms with Gasteiger partial charge in [-0.25, -0.2) is 4.98 Å². The second-order valence-corrected chi connectivity index (χ2v) is 2.25. The van der Waals surface area contributed by atoms with E-state index in [1.54, 1.807) is 18.5 Å². The summed E-state index contributed by atoms with van der Waals surface area (Å²) >= 11 is 0. The van der Waals surface area contributed by atoms with Gasteiger partial charge in [0.1, 0.15) is 11.5 Å². The lowest BCUT2D eigenvalue weighted by Gasteiger charge is -1.81. The molecule has 0 radical (unpaired) electrons. The molecule has 2 aromatic heterocycles. The van der Waals surface area contributed by atoms with Gasteiger partial charge in [-0.05, 0) is 24.3 Å². The number of nitrogens with zero attached hydrogens (tertiary/aromatic N) is 1. The molecule has 2 heterocycles. The van der Waals surface area contributed by atoms with Gasteiger partial charge in [-0.15, -0.1) is 0 Å². The van der Waals surface area contributed by atoms with Crippen molar-refractivity contribution in [3.63, 3.8) is 0 Å². The number of rotatable bonds is 2. The Bertz CT molecular complexity index is 310. The average Bonchev–Trinajstić information content (AvgIpc) is 2.74. The van der Waals surface area contributed by atoms with Crippen LogP contribution in [-0.2, 0) is 0 Å². The minimum Gasteiger partial charge on any atom is -0.465 e. The van der Waals surface area contributed by atoms with E-state index in [0.717, 1.165) is 5.76 Å². The SMILES string of the molecule is C(=C\c1cnco1)/c1ccco1. The van der Waals surface area contributed by atoms with Crippen LogP contribution in [0.15, 0.2) is 39.8 Å². The molecular formula is C9H7NO2. The molecule has 3 nitrogen and oxygen atoms in total. The van der Waals surface area contributed by atoms with E-state index in [4.69, 9.17) is 8.83 Å². The summed E-state index contributed by atoms with van der Waals surface area (Å²) in [6.45, 7) is 0. The van der Waals surface area contributed by atoms with Crippen LogP contribution < -0.4 is 0 Å². The van der Waals surface area contributed by atoms with Gasteiger partial charge in [0.15, 0.2) is 6.39 Å². The summed E-state index contributed by atoms with van der Waals surface area (Å²) < 4.78 is 10.1. The van der Waals surface area contributed by atoms with Gasteiger partial charge >= 0.3 is 0 Å². The molecule has 60 valence electrons. The number of hydrogen-bond acceptors (Lipinski definition) is 3. The summed E-state index contributed by atoms with van der Waals surface area (Å²) in [5.74, 6) is 1.51. The lowest BCUT2D eigenvalue weighted by atomic mass is 10.3. The predicted molar refractivity (Wildman–Crippen MR) is 44.1 cm³/mol. The van der Waals surface area contributed by atoms with Gasteiger partial charge in [-0.1, -0.05) is 0 Å². The third-order valence-corrected chi connectivity index (χ3v) is 1.41. The van der Waals surface area contributed by atoms with Crippen molar-refractivity contribution in [2.75, 3.05) is 0 Å². The fraction of sp³-hybridized carbons (Fsp3) is 0. The Kier molecular flexibility index (Phi) is 1.78. The molecule has 0 amide bonds. The molecule has 0 atom stereocenters. The van der Waals surface area contributed by atoms with E-state index in [1.807, 2.05) is 18.2 Å². The van der Waals surface area contributed by atoms with Gasteiger partial charge < -0.3 is 8.83 Å². The third kappa shape index (κ3) is 1.45. The highest BCUT2D eigenvalue weighted by Crippen LogP contribution is 2.07. The Hall–Kier alpha value is -1.77. The molecule has 0 N–H and O–H groups in total. The number of aromatic nitrogens is 1. The van der Waals surface area contributed by atoms with E-state index >= 15 is 0 Å². The number of oxazole rings is 1. The molecule has 0 spiro atoms. The van der Waals surface area contributed by atoms with Crippen LogP contribution in [0.4, 0.5) is 0 Å². The van der Waals surface area contributed by atoms with Crippen molar-refractivity contribution in [3.05, 3.63) is 42.5 Å². The Labute approximate surface area is 69.3 Å². The van der Waals surface area contributed by atoms with E-state index in [0.29, 0.717) is 5.76 Å². The lowest BCUT2D eigenvalue weighted by Crippen LogP contribution is -1.61. The zero-order valence-corrected chi connectivity index (χ0v) is 6.31. The van der Waals surface area contributed by atoms with E-state index in [1.165, 1.54) is 6.39 Å². The quantitative estimate of drug-likeness (QED) is 0.679. The van der Waals surface area contributed by atoms with E-state index in [2.05, 4.69) is 4.98 Å². The summed E-state index contributed by atoms with van der Waals surface area (Å²) in [5.41, 5.74) is 0. The van der Waals surface area contributed by atoms with Crippen molar-refractivity contribution in [2.45, 2.75) is 0 Å². The predicted octanol–water partition coefficient (Wildman–Crippen LogP) is 2.44. The van der Waals surface area contributed by atoms with Crippen molar-refractivity contribution in [1.29, 1.82) is 0 Å².